The number of nitrogens with zero attached hydrogens (tertiary/aromatic N) is 2. The fourth-order valence-corrected chi connectivity index (χ4v) is 3.96. The highest BCUT2D eigenvalue weighted by Crippen LogP contribution is 2.28. The zero-order chi connectivity index (χ0) is 17.6. The van der Waals surface area contributed by atoms with Crippen LogP contribution in [0.2, 0.25) is 0 Å². The van der Waals surface area contributed by atoms with Crippen LogP contribution in [-0.4, -0.2) is 47.8 Å². The fraction of sp³-hybridized carbons (Fsp3) is 0.600. The zero-order valence-electron chi connectivity index (χ0n) is 15.4. The van der Waals surface area contributed by atoms with Crippen molar-refractivity contribution in [2.45, 2.75) is 45.1 Å². The van der Waals surface area contributed by atoms with Crippen LogP contribution in [0.5, 0.6) is 0 Å². The second-order valence-corrected chi connectivity index (χ2v) is 7.27. The minimum absolute atomic E-state index is 0. The Kier molecular flexibility index (Phi) is 7.91. The smallest absolute Gasteiger partial charge is 0.253 e. The van der Waals surface area contributed by atoms with Gasteiger partial charge >= 0.3 is 0 Å². The van der Waals surface area contributed by atoms with Crippen molar-refractivity contribution in [3.63, 3.8) is 0 Å². The van der Waals surface area contributed by atoms with Crippen LogP contribution in [0.4, 0.5) is 0 Å². The molecular formula is C20H30ClN3O2. The minimum Gasteiger partial charge on any atom is -0.339 e. The molecule has 1 saturated carbocycles. The molecule has 0 bridgehead atoms. The lowest BCUT2D eigenvalue weighted by molar-refractivity contribution is -0.133. The summed E-state index contributed by atoms with van der Waals surface area (Å²) in [5.74, 6) is 1.04. The molecule has 1 saturated heterocycles. The molecule has 1 heterocycles. The number of benzene rings is 1. The van der Waals surface area contributed by atoms with Crippen LogP contribution in [0.3, 0.4) is 0 Å². The number of amides is 2. The van der Waals surface area contributed by atoms with Crippen molar-refractivity contribution in [1.29, 1.82) is 0 Å². The molecule has 1 aliphatic heterocycles. The number of carbonyl (C=O) groups excluding carboxylic acids is 2. The van der Waals surface area contributed by atoms with Gasteiger partial charge in [-0.2, -0.15) is 0 Å². The van der Waals surface area contributed by atoms with Gasteiger partial charge in [-0.05, 0) is 30.0 Å². The van der Waals surface area contributed by atoms with Crippen LogP contribution < -0.4 is 5.73 Å². The summed E-state index contributed by atoms with van der Waals surface area (Å²) in [4.78, 5) is 28.8. The predicted octanol–water partition coefficient (Wildman–Crippen LogP) is 2.82. The van der Waals surface area contributed by atoms with E-state index in [1.54, 1.807) is 0 Å². The highest BCUT2D eigenvalue weighted by Gasteiger charge is 2.25. The van der Waals surface area contributed by atoms with Crippen molar-refractivity contribution in [2.75, 3.05) is 26.2 Å². The van der Waals surface area contributed by atoms with E-state index in [2.05, 4.69) is 0 Å². The Morgan fingerprint density at radius 3 is 2.35 bits per heavy atom. The lowest BCUT2D eigenvalue weighted by atomic mass is 10.0. The Hall–Kier alpha value is -1.59. The molecule has 2 amide bonds. The summed E-state index contributed by atoms with van der Waals surface area (Å²) in [5.41, 5.74) is 7.30. The summed E-state index contributed by atoms with van der Waals surface area (Å²) in [7, 11) is 0. The molecule has 2 N–H and O–H groups in total. The van der Waals surface area contributed by atoms with Gasteiger partial charge in [0.1, 0.15) is 0 Å². The molecule has 3 rings (SSSR count). The molecule has 1 aromatic rings. The maximum atomic E-state index is 12.6. The normalized spacial score (nSPS) is 17.9. The lowest BCUT2D eigenvalue weighted by Crippen LogP contribution is -2.50. The van der Waals surface area contributed by atoms with Gasteiger partial charge in [0.2, 0.25) is 5.91 Å². The molecule has 0 unspecified atom stereocenters. The number of piperazine rings is 1. The van der Waals surface area contributed by atoms with Gasteiger partial charge in [-0.15, -0.1) is 12.4 Å². The lowest BCUT2D eigenvalue weighted by Gasteiger charge is -2.35. The first-order valence-corrected chi connectivity index (χ1v) is 9.53. The Bertz CT molecular complexity index is 609. The van der Waals surface area contributed by atoms with Gasteiger partial charge in [-0.3, -0.25) is 9.59 Å². The van der Waals surface area contributed by atoms with Gasteiger partial charge in [-0.25, -0.2) is 0 Å². The molecule has 0 radical (unpaired) electrons. The van der Waals surface area contributed by atoms with E-state index in [1.807, 2.05) is 34.1 Å². The topological polar surface area (TPSA) is 66.6 Å². The van der Waals surface area contributed by atoms with Crippen LogP contribution >= 0.6 is 12.4 Å². The quantitative estimate of drug-likeness (QED) is 0.855. The van der Waals surface area contributed by atoms with E-state index < -0.39 is 0 Å². The second kappa shape index (κ2) is 9.93. The van der Waals surface area contributed by atoms with E-state index >= 15 is 0 Å². The second-order valence-electron chi connectivity index (χ2n) is 7.27. The molecule has 0 spiro atoms. The summed E-state index contributed by atoms with van der Waals surface area (Å²) >= 11 is 0. The van der Waals surface area contributed by atoms with E-state index in [9.17, 15) is 9.59 Å². The minimum atomic E-state index is 0. The summed E-state index contributed by atoms with van der Waals surface area (Å²) in [6.07, 6.45) is 6.92. The van der Waals surface area contributed by atoms with Crippen molar-refractivity contribution in [3.8, 4) is 0 Å². The van der Waals surface area contributed by atoms with Crippen LogP contribution in [0, 0.1) is 5.92 Å². The summed E-state index contributed by atoms with van der Waals surface area (Å²) in [6.45, 7) is 2.95. The Morgan fingerprint density at radius 2 is 1.69 bits per heavy atom. The number of halogens is 1. The van der Waals surface area contributed by atoms with Gasteiger partial charge in [0.15, 0.2) is 0 Å². The first kappa shape index (κ1) is 20.7. The van der Waals surface area contributed by atoms with Crippen molar-refractivity contribution in [2.24, 2.45) is 11.7 Å². The van der Waals surface area contributed by atoms with E-state index in [4.69, 9.17) is 5.73 Å². The highest BCUT2D eigenvalue weighted by molar-refractivity contribution is 5.94. The van der Waals surface area contributed by atoms with Gasteiger partial charge in [0, 0.05) is 44.7 Å². The number of rotatable bonds is 5. The van der Waals surface area contributed by atoms with Gasteiger partial charge < -0.3 is 15.5 Å². The predicted molar refractivity (Wildman–Crippen MR) is 105 cm³/mol. The van der Waals surface area contributed by atoms with Gasteiger partial charge in [0.25, 0.3) is 5.91 Å². The maximum Gasteiger partial charge on any atom is 0.253 e. The number of hydrogen-bond donors (Lipinski definition) is 1. The van der Waals surface area contributed by atoms with Crippen LogP contribution in [0.15, 0.2) is 24.3 Å². The zero-order valence-corrected chi connectivity index (χ0v) is 16.2. The standard InChI is InChI=1S/C20H29N3O2.ClH/c21-15-17-6-3-7-18(14-17)20(25)23-12-10-22(11-13-23)19(24)9-8-16-4-1-2-5-16;/h3,6-7,14,16H,1-2,4-5,8-13,15,21H2;1H. The third-order valence-corrected chi connectivity index (χ3v) is 5.57. The molecule has 1 aromatic carbocycles. The molecule has 2 fully saturated rings. The molecule has 0 aromatic heterocycles. The van der Waals surface area contributed by atoms with Crippen LogP contribution in [-0.2, 0) is 11.3 Å². The monoisotopic (exact) mass is 379 g/mol. The molecule has 1 aliphatic carbocycles. The molecule has 5 nitrogen and oxygen atoms in total. The molecule has 26 heavy (non-hydrogen) atoms. The fourth-order valence-electron chi connectivity index (χ4n) is 3.96. The average Bonchev–Trinajstić information content (AvgIpc) is 3.19. The first-order chi connectivity index (χ1) is 12.2. The Morgan fingerprint density at radius 1 is 1.04 bits per heavy atom. The Balaban J connectivity index is 0.00000243. The van der Waals surface area contributed by atoms with E-state index in [-0.39, 0.29) is 24.2 Å². The van der Waals surface area contributed by atoms with E-state index in [1.165, 1.54) is 25.7 Å². The maximum absolute atomic E-state index is 12.6. The van der Waals surface area contributed by atoms with Gasteiger partial charge in [-0.1, -0.05) is 37.8 Å². The summed E-state index contributed by atoms with van der Waals surface area (Å²) in [6, 6.07) is 7.50. The average molecular weight is 380 g/mol. The highest BCUT2D eigenvalue weighted by atomic mass is 35.5. The van der Waals surface area contributed by atoms with E-state index in [0.717, 1.165) is 17.9 Å². The third-order valence-electron chi connectivity index (χ3n) is 5.57. The van der Waals surface area contributed by atoms with Crippen molar-refractivity contribution < 1.29 is 9.59 Å². The SMILES string of the molecule is Cl.NCc1cccc(C(=O)N2CCN(C(=O)CCC3CCCC3)CC2)c1. The third kappa shape index (κ3) is 5.21. The van der Waals surface area contributed by atoms with Crippen molar-refractivity contribution in [3.05, 3.63) is 35.4 Å². The largest absolute Gasteiger partial charge is 0.339 e. The van der Waals surface area contributed by atoms with Gasteiger partial charge in [0.05, 0.1) is 0 Å². The summed E-state index contributed by atoms with van der Waals surface area (Å²) in [5, 5.41) is 0. The number of carbonyl (C=O) groups is 2. The van der Waals surface area contributed by atoms with Crippen LogP contribution in [0.25, 0.3) is 0 Å². The van der Waals surface area contributed by atoms with Crippen molar-refractivity contribution in [1.82, 2.24) is 9.80 Å². The van der Waals surface area contributed by atoms with E-state index in [0.29, 0.717) is 44.7 Å². The van der Waals surface area contributed by atoms with Crippen molar-refractivity contribution >= 4 is 24.2 Å². The molecule has 0 atom stereocenters. The molecular weight excluding hydrogens is 350 g/mol. The molecule has 2 aliphatic rings. The molecule has 144 valence electrons. The Labute approximate surface area is 162 Å². The number of nitrogens with two attached hydrogens (primary N) is 1. The summed E-state index contributed by atoms with van der Waals surface area (Å²) < 4.78 is 0. The first-order valence-electron chi connectivity index (χ1n) is 9.53. The number of hydrogen-bond acceptors (Lipinski definition) is 3. The molecule has 6 heteroatoms. The van der Waals surface area contributed by atoms with Crippen LogP contribution in [0.1, 0.15) is 54.4 Å².